The second-order valence-electron chi connectivity index (χ2n) is 5.32. The highest BCUT2D eigenvalue weighted by molar-refractivity contribution is 7.80. The fourth-order valence-corrected chi connectivity index (χ4v) is 3.04. The molecule has 0 unspecified atom stereocenters. The lowest BCUT2D eigenvalue weighted by atomic mass is 9.93. The third-order valence-electron chi connectivity index (χ3n) is 4.03. The van der Waals surface area contributed by atoms with E-state index in [2.05, 4.69) is 6.92 Å². The lowest BCUT2D eigenvalue weighted by Crippen LogP contribution is -2.41. The number of carbonyl (C=O) groups is 1. The molecule has 1 aromatic rings. The van der Waals surface area contributed by atoms with Crippen LogP contribution in [0.3, 0.4) is 0 Å². The van der Waals surface area contributed by atoms with Crippen molar-refractivity contribution in [3.8, 4) is 0 Å². The Hall–Kier alpha value is -1.42. The smallest absolute Gasteiger partial charge is 0.254 e. The molecule has 1 aliphatic carbocycles. The fourth-order valence-electron chi connectivity index (χ4n) is 2.90. The standard InChI is InChI=1S/C16H22N2OS/c1-2-18(14-6-4-3-5-7-14)16(19)13-10-8-12(9-11-13)15(17)20/h8-11,14H,2-7H2,1H3,(H2,17,20). The van der Waals surface area contributed by atoms with Crippen molar-refractivity contribution < 1.29 is 4.79 Å². The molecule has 3 nitrogen and oxygen atoms in total. The Morgan fingerprint density at radius 1 is 1.20 bits per heavy atom. The van der Waals surface area contributed by atoms with E-state index in [1.165, 1.54) is 19.3 Å². The van der Waals surface area contributed by atoms with Gasteiger partial charge in [-0.25, -0.2) is 0 Å². The summed E-state index contributed by atoms with van der Waals surface area (Å²) >= 11 is 4.93. The molecule has 0 bridgehead atoms. The van der Waals surface area contributed by atoms with E-state index in [1.54, 1.807) is 0 Å². The number of hydrogen-bond donors (Lipinski definition) is 1. The maximum absolute atomic E-state index is 12.6. The molecule has 0 saturated heterocycles. The zero-order valence-corrected chi connectivity index (χ0v) is 12.8. The molecule has 0 atom stereocenters. The number of nitrogens with two attached hydrogens (primary N) is 1. The van der Waals surface area contributed by atoms with Crippen LogP contribution in [0.4, 0.5) is 0 Å². The summed E-state index contributed by atoms with van der Waals surface area (Å²) in [4.78, 5) is 15.0. The number of nitrogens with zero attached hydrogens (tertiary/aromatic N) is 1. The van der Waals surface area contributed by atoms with Gasteiger partial charge >= 0.3 is 0 Å². The quantitative estimate of drug-likeness (QED) is 0.867. The first-order valence-corrected chi connectivity index (χ1v) is 7.75. The Labute approximate surface area is 126 Å². The van der Waals surface area contributed by atoms with E-state index in [4.69, 9.17) is 18.0 Å². The molecule has 1 aromatic carbocycles. The Morgan fingerprint density at radius 2 is 1.75 bits per heavy atom. The summed E-state index contributed by atoms with van der Waals surface area (Å²) in [5.41, 5.74) is 7.10. The molecule has 1 aliphatic rings. The maximum Gasteiger partial charge on any atom is 0.254 e. The van der Waals surface area contributed by atoms with Gasteiger partial charge in [0.15, 0.2) is 0 Å². The molecule has 0 spiro atoms. The largest absolute Gasteiger partial charge is 0.389 e. The molecule has 0 radical (unpaired) electrons. The molecule has 0 heterocycles. The van der Waals surface area contributed by atoms with Crippen LogP contribution in [0.15, 0.2) is 24.3 Å². The van der Waals surface area contributed by atoms with Crippen LogP contribution in [-0.4, -0.2) is 28.4 Å². The predicted molar refractivity (Wildman–Crippen MR) is 85.9 cm³/mol. The Kier molecular flexibility index (Phi) is 5.12. The molecule has 20 heavy (non-hydrogen) atoms. The van der Waals surface area contributed by atoms with Gasteiger partial charge in [-0.15, -0.1) is 0 Å². The summed E-state index contributed by atoms with van der Waals surface area (Å²) in [6.07, 6.45) is 6.02. The lowest BCUT2D eigenvalue weighted by Gasteiger charge is -2.33. The summed E-state index contributed by atoms with van der Waals surface area (Å²) in [6, 6.07) is 7.69. The summed E-state index contributed by atoms with van der Waals surface area (Å²) in [7, 11) is 0. The minimum Gasteiger partial charge on any atom is -0.389 e. The molecule has 108 valence electrons. The Balaban J connectivity index is 2.13. The van der Waals surface area contributed by atoms with Crippen LogP contribution in [0.1, 0.15) is 54.9 Å². The van der Waals surface area contributed by atoms with Crippen molar-refractivity contribution in [1.82, 2.24) is 4.90 Å². The van der Waals surface area contributed by atoms with Crippen molar-refractivity contribution in [3.63, 3.8) is 0 Å². The van der Waals surface area contributed by atoms with Crippen LogP contribution in [-0.2, 0) is 0 Å². The van der Waals surface area contributed by atoms with Crippen LogP contribution in [0.5, 0.6) is 0 Å². The number of benzene rings is 1. The average Bonchev–Trinajstić information content (AvgIpc) is 2.49. The monoisotopic (exact) mass is 290 g/mol. The number of amides is 1. The minimum absolute atomic E-state index is 0.119. The van der Waals surface area contributed by atoms with E-state index in [1.807, 2.05) is 29.2 Å². The van der Waals surface area contributed by atoms with Gasteiger partial charge in [0.25, 0.3) is 5.91 Å². The highest BCUT2D eigenvalue weighted by atomic mass is 32.1. The first-order valence-electron chi connectivity index (χ1n) is 7.34. The molecule has 1 amide bonds. The van der Waals surface area contributed by atoms with Gasteiger partial charge in [0.2, 0.25) is 0 Å². The van der Waals surface area contributed by atoms with Crippen LogP contribution >= 0.6 is 12.2 Å². The number of thiocarbonyl (C=S) groups is 1. The molecular formula is C16H22N2OS. The Bertz CT molecular complexity index is 478. The number of rotatable bonds is 4. The topological polar surface area (TPSA) is 46.3 Å². The van der Waals surface area contributed by atoms with Crippen LogP contribution in [0.25, 0.3) is 0 Å². The zero-order chi connectivity index (χ0) is 14.5. The van der Waals surface area contributed by atoms with Crippen molar-refractivity contribution in [2.45, 2.75) is 45.1 Å². The van der Waals surface area contributed by atoms with Gasteiger partial charge in [-0.1, -0.05) is 43.6 Å². The summed E-state index contributed by atoms with van der Waals surface area (Å²) < 4.78 is 0. The summed E-state index contributed by atoms with van der Waals surface area (Å²) in [5, 5.41) is 0. The second kappa shape index (κ2) is 6.84. The predicted octanol–water partition coefficient (Wildman–Crippen LogP) is 3.12. The normalized spacial score (nSPS) is 15.8. The van der Waals surface area contributed by atoms with Gasteiger partial charge in [0.05, 0.1) is 0 Å². The van der Waals surface area contributed by atoms with Crippen LogP contribution in [0.2, 0.25) is 0 Å². The third kappa shape index (κ3) is 3.37. The van der Waals surface area contributed by atoms with Crippen molar-refractivity contribution in [3.05, 3.63) is 35.4 Å². The summed E-state index contributed by atoms with van der Waals surface area (Å²) in [5.74, 6) is 0.119. The fraction of sp³-hybridized carbons (Fsp3) is 0.500. The van der Waals surface area contributed by atoms with Gasteiger partial charge < -0.3 is 10.6 Å². The highest BCUT2D eigenvalue weighted by Gasteiger charge is 2.24. The Morgan fingerprint density at radius 3 is 2.25 bits per heavy atom. The van der Waals surface area contributed by atoms with E-state index >= 15 is 0 Å². The minimum atomic E-state index is 0.119. The molecule has 0 aliphatic heterocycles. The number of carbonyl (C=O) groups excluding carboxylic acids is 1. The van der Waals surface area contributed by atoms with Crippen molar-refractivity contribution in [1.29, 1.82) is 0 Å². The second-order valence-corrected chi connectivity index (χ2v) is 5.76. The van der Waals surface area contributed by atoms with E-state index < -0.39 is 0 Å². The third-order valence-corrected chi connectivity index (χ3v) is 4.27. The molecule has 1 saturated carbocycles. The summed E-state index contributed by atoms with van der Waals surface area (Å²) in [6.45, 7) is 2.82. The van der Waals surface area contributed by atoms with E-state index in [0.717, 1.165) is 30.5 Å². The molecule has 4 heteroatoms. The molecule has 2 N–H and O–H groups in total. The maximum atomic E-state index is 12.6. The van der Waals surface area contributed by atoms with E-state index in [9.17, 15) is 4.79 Å². The van der Waals surface area contributed by atoms with Gasteiger partial charge in [-0.3, -0.25) is 4.79 Å². The van der Waals surface area contributed by atoms with E-state index in [-0.39, 0.29) is 5.91 Å². The molecule has 0 aromatic heterocycles. The molecule has 2 rings (SSSR count). The molecular weight excluding hydrogens is 268 g/mol. The SMILES string of the molecule is CCN(C(=O)c1ccc(C(N)=S)cc1)C1CCCCC1. The van der Waals surface area contributed by atoms with Gasteiger partial charge in [0.1, 0.15) is 4.99 Å². The van der Waals surface area contributed by atoms with Crippen molar-refractivity contribution in [2.24, 2.45) is 5.73 Å². The molecule has 1 fully saturated rings. The first kappa shape index (κ1) is 15.0. The van der Waals surface area contributed by atoms with Gasteiger partial charge in [0, 0.05) is 23.7 Å². The van der Waals surface area contributed by atoms with Gasteiger partial charge in [-0.2, -0.15) is 0 Å². The van der Waals surface area contributed by atoms with Crippen LogP contribution < -0.4 is 5.73 Å². The first-order chi connectivity index (χ1) is 9.63. The van der Waals surface area contributed by atoms with Crippen molar-refractivity contribution in [2.75, 3.05) is 6.54 Å². The zero-order valence-electron chi connectivity index (χ0n) is 12.0. The highest BCUT2D eigenvalue weighted by Crippen LogP contribution is 2.24. The van der Waals surface area contributed by atoms with Crippen LogP contribution in [0, 0.1) is 0 Å². The van der Waals surface area contributed by atoms with Crippen molar-refractivity contribution >= 4 is 23.1 Å². The average molecular weight is 290 g/mol. The lowest BCUT2D eigenvalue weighted by molar-refractivity contribution is 0.0648. The van der Waals surface area contributed by atoms with Gasteiger partial charge in [-0.05, 0) is 31.9 Å². The number of hydrogen-bond acceptors (Lipinski definition) is 2. The van der Waals surface area contributed by atoms with E-state index in [0.29, 0.717) is 11.0 Å².